The number of carbonyl (C=O) groups excluding carboxylic acids is 1. The Hall–Kier alpha value is -1.44. The van der Waals surface area contributed by atoms with Crippen LogP contribution in [0.5, 0.6) is 0 Å². The molecule has 116 valence electrons. The highest BCUT2D eigenvalue weighted by Gasteiger charge is 2.27. The number of aliphatic hydroxyl groups excluding tert-OH is 1. The molecule has 0 unspecified atom stereocenters. The SMILES string of the molecule is CCN(CCO)S(=O)(=O)c1ccc2c(c1)N(C(C)=O)CC2. The monoisotopic (exact) mass is 312 g/mol. The number of carbonyl (C=O) groups is 1. The molecule has 0 fully saturated rings. The fraction of sp³-hybridized carbons (Fsp3) is 0.500. The standard InChI is InChI=1S/C14H20N2O4S/c1-3-15(8-9-17)21(19,20)13-5-4-12-6-7-16(11(2)18)14(12)10-13/h4-5,10,17H,3,6-9H2,1-2H3. The largest absolute Gasteiger partial charge is 0.395 e. The summed E-state index contributed by atoms with van der Waals surface area (Å²) >= 11 is 0. The summed E-state index contributed by atoms with van der Waals surface area (Å²) in [5, 5.41) is 8.99. The molecule has 1 aliphatic heterocycles. The minimum Gasteiger partial charge on any atom is -0.395 e. The van der Waals surface area contributed by atoms with Crippen molar-refractivity contribution < 1.29 is 18.3 Å². The molecule has 0 radical (unpaired) electrons. The van der Waals surface area contributed by atoms with Gasteiger partial charge >= 0.3 is 0 Å². The molecule has 1 aliphatic rings. The van der Waals surface area contributed by atoms with Gasteiger partial charge in [-0.05, 0) is 24.1 Å². The number of amides is 1. The third-order valence-corrected chi connectivity index (χ3v) is 5.64. The molecule has 0 saturated carbocycles. The van der Waals surface area contributed by atoms with Gasteiger partial charge in [0.1, 0.15) is 0 Å². The number of aliphatic hydroxyl groups is 1. The van der Waals surface area contributed by atoms with Crippen LogP contribution in [0.4, 0.5) is 5.69 Å². The second-order valence-corrected chi connectivity index (χ2v) is 6.87. The fourth-order valence-corrected chi connectivity index (χ4v) is 4.02. The molecule has 0 bridgehead atoms. The molecule has 1 aromatic carbocycles. The van der Waals surface area contributed by atoms with Gasteiger partial charge in [0.2, 0.25) is 15.9 Å². The van der Waals surface area contributed by atoms with E-state index < -0.39 is 10.0 Å². The van der Waals surface area contributed by atoms with Crippen molar-refractivity contribution in [2.75, 3.05) is 31.1 Å². The molecule has 0 aliphatic carbocycles. The summed E-state index contributed by atoms with van der Waals surface area (Å²) in [4.78, 5) is 13.3. The van der Waals surface area contributed by atoms with E-state index in [2.05, 4.69) is 0 Å². The number of rotatable bonds is 5. The predicted molar refractivity (Wildman–Crippen MR) is 79.7 cm³/mol. The summed E-state index contributed by atoms with van der Waals surface area (Å²) < 4.78 is 26.3. The van der Waals surface area contributed by atoms with E-state index in [1.165, 1.54) is 11.2 Å². The third-order valence-electron chi connectivity index (χ3n) is 3.67. The van der Waals surface area contributed by atoms with E-state index in [1.807, 2.05) is 0 Å². The van der Waals surface area contributed by atoms with E-state index >= 15 is 0 Å². The zero-order valence-electron chi connectivity index (χ0n) is 12.2. The Balaban J connectivity index is 2.42. The maximum Gasteiger partial charge on any atom is 0.243 e. The average molecular weight is 312 g/mol. The van der Waals surface area contributed by atoms with Gasteiger partial charge in [-0.15, -0.1) is 0 Å². The lowest BCUT2D eigenvalue weighted by Gasteiger charge is -2.21. The highest BCUT2D eigenvalue weighted by Crippen LogP contribution is 2.31. The molecule has 6 nitrogen and oxygen atoms in total. The normalized spacial score (nSPS) is 14.6. The Labute approximate surface area is 125 Å². The fourth-order valence-electron chi connectivity index (χ4n) is 2.56. The van der Waals surface area contributed by atoms with Crippen molar-refractivity contribution in [2.24, 2.45) is 0 Å². The number of hydrogen-bond donors (Lipinski definition) is 1. The lowest BCUT2D eigenvalue weighted by Crippen LogP contribution is -2.33. The van der Waals surface area contributed by atoms with E-state index in [-0.39, 0.29) is 30.5 Å². The minimum atomic E-state index is -3.65. The molecule has 1 aromatic rings. The van der Waals surface area contributed by atoms with E-state index in [0.717, 1.165) is 12.0 Å². The molecule has 1 heterocycles. The summed E-state index contributed by atoms with van der Waals surface area (Å²) in [5.74, 6) is -0.0917. The lowest BCUT2D eigenvalue weighted by molar-refractivity contribution is -0.116. The third kappa shape index (κ3) is 2.95. The van der Waals surface area contributed by atoms with Gasteiger partial charge < -0.3 is 10.0 Å². The molecular formula is C14H20N2O4S. The van der Waals surface area contributed by atoms with E-state index in [4.69, 9.17) is 5.11 Å². The number of sulfonamides is 1. The zero-order chi connectivity index (χ0) is 15.6. The quantitative estimate of drug-likeness (QED) is 0.863. The molecule has 1 N–H and O–H groups in total. The van der Waals surface area contributed by atoms with Crippen LogP contribution in [0.15, 0.2) is 23.1 Å². The topological polar surface area (TPSA) is 77.9 Å². The van der Waals surface area contributed by atoms with Crippen LogP contribution < -0.4 is 4.90 Å². The average Bonchev–Trinajstić information content (AvgIpc) is 2.87. The molecule has 0 saturated heterocycles. The van der Waals surface area contributed by atoms with Gasteiger partial charge in [0.25, 0.3) is 0 Å². The summed E-state index contributed by atoms with van der Waals surface area (Å²) in [6, 6.07) is 4.88. The van der Waals surface area contributed by atoms with Crippen LogP contribution in [0.2, 0.25) is 0 Å². The maximum absolute atomic E-state index is 12.5. The smallest absolute Gasteiger partial charge is 0.243 e. The van der Waals surface area contributed by atoms with Crippen LogP contribution in [0.3, 0.4) is 0 Å². The maximum atomic E-state index is 12.5. The van der Waals surface area contributed by atoms with Crippen LogP contribution in [-0.4, -0.2) is 50.0 Å². The molecule has 21 heavy (non-hydrogen) atoms. The van der Waals surface area contributed by atoms with Gasteiger partial charge in [-0.2, -0.15) is 4.31 Å². The predicted octanol–water partition coefficient (Wildman–Crippen LogP) is 0.598. The highest BCUT2D eigenvalue weighted by atomic mass is 32.2. The number of nitrogens with zero attached hydrogens (tertiary/aromatic N) is 2. The van der Waals surface area contributed by atoms with Gasteiger partial charge in [0.15, 0.2) is 0 Å². The van der Waals surface area contributed by atoms with Crippen molar-refractivity contribution in [1.29, 1.82) is 0 Å². The lowest BCUT2D eigenvalue weighted by atomic mass is 10.2. The van der Waals surface area contributed by atoms with Gasteiger partial charge in [-0.25, -0.2) is 8.42 Å². The Bertz CT molecular complexity index is 642. The van der Waals surface area contributed by atoms with Gasteiger partial charge in [0.05, 0.1) is 11.5 Å². The van der Waals surface area contributed by atoms with Gasteiger partial charge in [0, 0.05) is 32.2 Å². The highest BCUT2D eigenvalue weighted by molar-refractivity contribution is 7.89. The van der Waals surface area contributed by atoms with E-state index in [9.17, 15) is 13.2 Å². The molecule has 7 heteroatoms. The van der Waals surface area contributed by atoms with Crippen LogP contribution in [0.25, 0.3) is 0 Å². The van der Waals surface area contributed by atoms with Crippen molar-refractivity contribution in [3.63, 3.8) is 0 Å². The van der Waals surface area contributed by atoms with Crippen molar-refractivity contribution >= 4 is 21.6 Å². The summed E-state index contributed by atoms with van der Waals surface area (Å²) in [6.45, 7) is 3.91. The van der Waals surface area contributed by atoms with Crippen LogP contribution >= 0.6 is 0 Å². The Kier molecular flexibility index (Phi) is 4.65. The molecule has 0 aromatic heterocycles. The van der Waals surface area contributed by atoms with Crippen molar-refractivity contribution in [1.82, 2.24) is 4.31 Å². The number of anilines is 1. The molecular weight excluding hydrogens is 292 g/mol. The summed E-state index contributed by atoms with van der Waals surface area (Å²) in [5.41, 5.74) is 1.65. The Morgan fingerprint density at radius 3 is 2.71 bits per heavy atom. The molecule has 1 amide bonds. The van der Waals surface area contributed by atoms with E-state index in [1.54, 1.807) is 30.0 Å². The van der Waals surface area contributed by atoms with Gasteiger partial charge in [-0.1, -0.05) is 13.0 Å². The van der Waals surface area contributed by atoms with Crippen LogP contribution in [0.1, 0.15) is 19.4 Å². The Morgan fingerprint density at radius 1 is 1.43 bits per heavy atom. The second kappa shape index (κ2) is 6.13. The number of benzene rings is 1. The van der Waals surface area contributed by atoms with Crippen molar-refractivity contribution in [2.45, 2.75) is 25.2 Å². The van der Waals surface area contributed by atoms with Crippen molar-refractivity contribution in [3.8, 4) is 0 Å². The molecule has 2 rings (SSSR count). The first kappa shape index (κ1) is 15.9. The summed E-state index contributed by atoms with van der Waals surface area (Å²) in [7, 11) is -3.65. The first-order valence-corrected chi connectivity index (χ1v) is 8.38. The van der Waals surface area contributed by atoms with Crippen LogP contribution in [0, 0.1) is 0 Å². The second-order valence-electron chi connectivity index (χ2n) is 4.93. The first-order valence-electron chi connectivity index (χ1n) is 6.93. The molecule has 0 spiro atoms. The number of hydrogen-bond acceptors (Lipinski definition) is 4. The van der Waals surface area contributed by atoms with E-state index in [0.29, 0.717) is 12.2 Å². The Morgan fingerprint density at radius 2 is 2.14 bits per heavy atom. The van der Waals surface area contributed by atoms with Crippen LogP contribution in [-0.2, 0) is 21.2 Å². The number of likely N-dealkylation sites (N-methyl/N-ethyl adjacent to an activating group) is 1. The minimum absolute atomic E-state index is 0.0618. The van der Waals surface area contributed by atoms with Gasteiger partial charge in [-0.3, -0.25) is 4.79 Å². The molecule has 0 atom stereocenters. The number of fused-ring (bicyclic) bond motifs is 1. The first-order chi connectivity index (χ1) is 9.91. The zero-order valence-corrected chi connectivity index (χ0v) is 13.1. The van der Waals surface area contributed by atoms with Crippen molar-refractivity contribution in [3.05, 3.63) is 23.8 Å². The summed E-state index contributed by atoms with van der Waals surface area (Å²) in [6.07, 6.45) is 0.739.